The highest BCUT2D eigenvalue weighted by Crippen LogP contribution is 2.60. The van der Waals surface area contributed by atoms with Gasteiger partial charge in [0.25, 0.3) is 0 Å². The maximum Gasteiger partial charge on any atom is 0.246 e. The fourth-order valence-electron chi connectivity index (χ4n) is 6.42. The molecule has 0 aliphatic heterocycles. The number of rotatable bonds is 5. The number of aromatic nitrogens is 2. The molecule has 5 heteroatoms. The molecule has 1 amide bonds. The molecule has 1 aromatic heterocycles. The Morgan fingerprint density at radius 1 is 1.18 bits per heavy atom. The minimum absolute atomic E-state index is 0.121. The molecular weight excluding hydrogens is 350 g/mol. The summed E-state index contributed by atoms with van der Waals surface area (Å²) in [6.45, 7) is 5.20. The first-order valence-electron chi connectivity index (χ1n) is 10.7. The predicted octanol–water partition coefficient (Wildman–Crippen LogP) is 4.61. The number of carbonyl (C=O) groups excluding carboxylic acids is 1. The minimum atomic E-state index is -0.121. The van der Waals surface area contributed by atoms with Crippen LogP contribution in [0, 0.1) is 30.1 Å². The van der Waals surface area contributed by atoms with Crippen molar-refractivity contribution in [1.29, 1.82) is 0 Å². The van der Waals surface area contributed by atoms with Crippen LogP contribution in [0.3, 0.4) is 0 Å². The van der Waals surface area contributed by atoms with Gasteiger partial charge < -0.3 is 9.42 Å². The van der Waals surface area contributed by atoms with Crippen LogP contribution in [0.4, 0.5) is 0 Å². The van der Waals surface area contributed by atoms with Crippen molar-refractivity contribution in [3.63, 3.8) is 0 Å². The van der Waals surface area contributed by atoms with Crippen LogP contribution in [0.2, 0.25) is 0 Å². The van der Waals surface area contributed by atoms with Gasteiger partial charge in [0.2, 0.25) is 17.6 Å². The van der Waals surface area contributed by atoms with Crippen molar-refractivity contribution in [1.82, 2.24) is 15.0 Å². The van der Waals surface area contributed by atoms with Crippen molar-refractivity contribution < 1.29 is 9.32 Å². The third-order valence-corrected chi connectivity index (χ3v) is 7.23. The molecule has 0 atom stereocenters. The van der Waals surface area contributed by atoms with Crippen LogP contribution in [0.5, 0.6) is 0 Å². The fraction of sp³-hybridized carbons (Fsp3) is 0.609. The quantitative estimate of drug-likeness (QED) is 0.761. The normalized spacial score (nSPS) is 30.6. The minimum Gasteiger partial charge on any atom is -0.337 e. The monoisotopic (exact) mass is 379 g/mol. The Kier molecular flexibility index (Phi) is 4.29. The second-order valence-corrected chi connectivity index (χ2v) is 9.40. The lowest BCUT2D eigenvalue weighted by molar-refractivity contribution is -0.158. The van der Waals surface area contributed by atoms with Gasteiger partial charge >= 0.3 is 0 Å². The van der Waals surface area contributed by atoms with Crippen molar-refractivity contribution in [3.8, 4) is 11.4 Å². The Balaban J connectivity index is 1.34. The second-order valence-electron chi connectivity index (χ2n) is 9.40. The van der Waals surface area contributed by atoms with Crippen molar-refractivity contribution in [2.45, 2.75) is 58.9 Å². The second kappa shape index (κ2) is 6.71. The van der Waals surface area contributed by atoms with Crippen molar-refractivity contribution in [2.24, 2.45) is 23.2 Å². The lowest BCUT2D eigenvalue weighted by atomic mass is 9.49. The summed E-state index contributed by atoms with van der Waals surface area (Å²) in [5.74, 6) is 3.75. The van der Waals surface area contributed by atoms with Crippen LogP contribution in [0.15, 0.2) is 28.8 Å². The molecule has 4 aliphatic carbocycles. The Hall–Kier alpha value is -2.17. The summed E-state index contributed by atoms with van der Waals surface area (Å²) in [4.78, 5) is 20.1. The standard InChI is InChI=1S/C23H29N3O2/c1-3-26(14-20-24-21(25-28-20)19-6-4-5-15(2)7-19)22(27)23-11-16-8-17(12-23)10-18(9-16)13-23/h4-7,16-18H,3,8-14H2,1-2H3. The highest BCUT2D eigenvalue weighted by atomic mass is 16.5. The summed E-state index contributed by atoms with van der Waals surface area (Å²) in [5.41, 5.74) is 1.99. The molecule has 0 radical (unpaired) electrons. The zero-order chi connectivity index (χ0) is 19.3. The van der Waals surface area contributed by atoms with E-state index in [0.717, 1.165) is 48.1 Å². The molecule has 148 valence electrons. The SMILES string of the molecule is CCN(Cc1nc(-c2cccc(C)c2)no1)C(=O)C12CC3CC(CC(C3)C1)C2. The Labute approximate surface area is 166 Å². The molecule has 1 heterocycles. The van der Waals surface area contributed by atoms with E-state index in [4.69, 9.17) is 4.52 Å². The van der Waals surface area contributed by atoms with E-state index in [1.165, 1.54) is 19.3 Å². The van der Waals surface area contributed by atoms with E-state index in [1.807, 2.05) is 36.1 Å². The van der Waals surface area contributed by atoms with Crippen LogP contribution >= 0.6 is 0 Å². The van der Waals surface area contributed by atoms with E-state index < -0.39 is 0 Å². The molecule has 1 aromatic carbocycles. The maximum atomic E-state index is 13.6. The molecule has 5 nitrogen and oxygen atoms in total. The number of aryl methyl sites for hydroxylation is 1. The first kappa shape index (κ1) is 17.9. The average molecular weight is 380 g/mol. The number of nitrogens with zero attached hydrogens (tertiary/aromatic N) is 3. The maximum absolute atomic E-state index is 13.6. The van der Waals surface area contributed by atoms with Gasteiger partial charge in [-0.3, -0.25) is 4.79 Å². The van der Waals surface area contributed by atoms with E-state index in [9.17, 15) is 4.79 Å². The van der Waals surface area contributed by atoms with Gasteiger partial charge in [-0.2, -0.15) is 4.98 Å². The van der Waals surface area contributed by atoms with E-state index in [1.54, 1.807) is 0 Å². The fourth-order valence-corrected chi connectivity index (χ4v) is 6.42. The van der Waals surface area contributed by atoms with E-state index in [-0.39, 0.29) is 5.41 Å². The van der Waals surface area contributed by atoms with Crippen LogP contribution < -0.4 is 0 Å². The Morgan fingerprint density at radius 2 is 1.86 bits per heavy atom. The topological polar surface area (TPSA) is 59.2 Å². The molecule has 0 spiro atoms. The number of amides is 1. The number of benzene rings is 1. The van der Waals surface area contributed by atoms with Gasteiger partial charge in [0, 0.05) is 12.1 Å². The molecule has 0 saturated heterocycles. The van der Waals surface area contributed by atoms with Crippen LogP contribution in [0.1, 0.15) is 56.9 Å². The summed E-state index contributed by atoms with van der Waals surface area (Å²) >= 11 is 0. The first-order valence-corrected chi connectivity index (χ1v) is 10.7. The Bertz CT molecular complexity index is 852. The highest BCUT2D eigenvalue weighted by molar-refractivity contribution is 5.83. The molecule has 4 bridgehead atoms. The van der Waals surface area contributed by atoms with Gasteiger partial charge in [-0.15, -0.1) is 0 Å². The van der Waals surface area contributed by atoms with Crippen LogP contribution in [-0.4, -0.2) is 27.5 Å². The number of hydrogen-bond acceptors (Lipinski definition) is 4. The van der Waals surface area contributed by atoms with Crippen LogP contribution in [0.25, 0.3) is 11.4 Å². The summed E-state index contributed by atoms with van der Waals surface area (Å²) in [6, 6.07) is 8.08. The zero-order valence-electron chi connectivity index (χ0n) is 16.9. The molecule has 0 N–H and O–H groups in total. The van der Waals surface area contributed by atoms with Gasteiger partial charge in [-0.05, 0) is 76.2 Å². The van der Waals surface area contributed by atoms with Gasteiger partial charge in [0.05, 0.1) is 12.0 Å². The zero-order valence-corrected chi connectivity index (χ0v) is 16.9. The third kappa shape index (κ3) is 3.05. The molecular formula is C23H29N3O2. The smallest absolute Gasteiger partial charge is 0.246 e. The summed E-state index contributed by atoms with van der Waals surface area (Å²) in [7, 11) is 0. The average Bonchev–Trinajstić information content (AvgIpc) is 3.13. The molecule has 4 fully saturated rings. The predicted molar refractivity (Wildman–Crippen MR) is 106 cm³/mol. The summed E-state index contributed by atoms with van der Waals surface area (Å²) in [6.07, 6.45) is 7.32. The molecule has 2 aromatic rings. The van der Waals surface area contributed by atoms with Crippen molar-refractivity contribution >= 4 is 5.91 Å². The molecule has 6 rings (SSSR count). The van der Waals surface area contributed by atoms with Gasteiger partial charge in [0.1, 0.15) is 0 Å². The highest BCUT2D eigenvalue weighted by Gasteiger charge is 2.55. The van der Waals surface area contributed by atoms with Gasteiger partial charge in [0.15, 0.2) is 0 Å². The van der Waals surface area contributed by atoms with Crippen molar-refractivity contribution in [2.75, 3.05) is 6.54 Å². The molecule has 0 unspecified atom stereocenters. The summed E-state index contributed by atoms with van der Waals surface area (Å²) in [5, 5.41) is 4.14. The van der Waals surface area contributed by atoms with E-state index in [0.29, 0.717) is 30.7 Å². The lowest BCUT2D eigenvalue weighted by Gasteiger charge is -2.56. The largest absolute Gasteiger partial charge is 0.337 e. The number of carbonyl (C=O) groups is 1. The third-order valence-electron chi connectivity index (χ3n) is 7.23. The van der Waals surface area contributed by atoms with E-state index in [2.05, 4.69) is 17.1 Å². The first-order chi connectivity index (χ1) is 13.5. The molecule has 4 aliphatic rings. The van der Waals surface area contributed by atoms with Gasteiger partial charge in [-0.1, -0.05) is 28.9 Å². The Morgan fingerprint density at radius 3 is 2.46 bits per heavy atom. The van der Waals surface area contributed by atoms with Gasteiger partial charge in [-0.25, -0.2) is 0 Å². The summed E-state index contributed by atoms with van der Waals surface area (Å²) < 4.78 is 5.51. The molecule has 4 saturated carbocycles. The van der Waals surface area contributed by atoms with E-state index >= 15 is 0 Å². The molecule has 28 heavy (non-hydrogen) atoms. The lowest BCUT2D eigenvalue weighted by Crippen LogP contribution is -2.54. The van der Waals surface area contributed by atoms with Crippen molar-refractivity contribution in [3.05, 3.63) is 35.7 Å². The van der Waals surface area contributed by atoms with Crippen LogP contribution in [-0.2, 0) is 11.3 Å². The number of hydrogen-bond donors (Lipinski definition) is 0.